The summed E-state index contributed by atoms with van der Waals surface area (Å²) in [5.74, 6) is 0.681. The van der Waals surface area contributed by atoms with Gasteiger partial charge in [0.25, 0.3) is 0 Å². The molecule has 0 bridgehead atoms. The van der Waals surface area contributed by atoms with Crippen molar-refractivity contribution >= 4 is 22.5 Å². The number of para-hydroxylation sites is 2. The SMILES string of the molecule is O=C(CN1CCN(Cc2cccc3cccnc23)CC1)NCC1CCN(c2ccccc2)C1. The van der Waals surface area contributed by atoms with Crippen LogP contribution in [0.3, 0.4) is 0 Å². The van der Waals surface area contributed by atoms with Crippen molar-refractivity contribution in [3.8, 4) is 0 Å². The van der Waals surface area contributed by atoms with Gasteiger partial charge in [-0.1, -0.05) is 42.5 Å². The highest BCUT2D eigenvalue weighted by molar-refractivity contribution is 5.81. The Morgan fingerprint density at radius 1 is 0.909 bits per heavy atom. The van der Waals surface area contributed by atoms with Crippen LogP contribution in [-0.4, -0.2) is 73.0 Å². The van der Waals surface area contributed by atoms with Crippen LogP contribution < -0.4 is 10.2 Å². The summed E-state index contributed by atoms with van der Waals surface area (Å²) in [5.41, 5.74) is 3.66. The topological polar surface area (TPSA) is 51.7 Å². The average Bonchev–Trinajstić information content (AvgIpc) is 3.34. The second-order valence-corrected chi connectivity index (χ2v) is 9.28. The van der Waals surface area contributed by atoms with E-state index in [1.54, 1.807) is 0 Å². The summed E-state index contributed by atoms with van der Waals surface area (Å²) in [6, 6.07) is 21.1. The van der Waals surface area contributed by atoms with Gasteiger partial charge in [0.1, 0.15) is 0 Å². The number of fused-ring (bicyclic) bond motifs is 1. The lowest BCUT2D eigenvalue weighted by molar-refractivity contribution is -0.122. The molecule has 6 heteroatoms. The van der Waals surface area contributed by atoms with Crippen LogP contribution in [0.4, 0.5) is 5.69 Å². The molecule has 2 fully saturated rings. The number of nitrogens with one attached hydrogen (secondary N) is 1. The Kier molecular flexibility index (Phi) is 6.84. The van der Waals surface area contributed by atoms with E-state index in [0.717, 1.165) is 64.3 Å². The number of carbonyl (C=O) groups excluding carboxylic acids is 1. The summed E-state index contributed by atoms with van der Waals surface area (Å²) in [4.78, 5) is 24.3. The molecule has 2 saturated heterocycles. The molecule has 5 rings (SSSR count). The molecule has 1 aromatic heterocycles. The summed E-state index contributed by atoms with van der Waals surface area (Å²) in [6.45, 7) is 8.08. The lowest BCUT2D eigenvalue weighted by atomic mass is 10.1. The summed E-state index contributed by atoms with van der Waals surface area (Å²) >= 11 is 0. The summed E-state index contributed by atoms with van der Waals surface area (Å²) in [5, 5.41) is 4.38. The van der Waals surface area contributed by atoms with E-state index in [0.29, 0.717) is 12.5 Å². The largest absolute Gasteiger partial charge is 0.371 e. The predicted octanol–water partition coefficient (Wildman–Crippen LogP) is 3.00. The summed E-state index contributed by atoms with van der Waals surface area (Å²) in [7, 11) is 0. The van der Waals surface area contributed by atoms with Gasteiger partial charge < -0.3 is 10.2 Å². The van der Waals surface area contributed by atoms with Crippen molar-refractivity contribution in [3.05, 3.63) is 72.4 Å². The van der Waals surface area contributed by atoms with Gasteiger partial charge in [0.05, 0.1) is 12.1 Å². The zero-order valence-electron chi connectivity index (χ0n) is 19.2. The van der Waals surface area contributed by atoms with Gasteiger partial charge in [-0.25, -0.2) is 0 Å². The Bertz CT molecular complexity index is 1060. The van der Waals surface area contributed by atoms with Gasteiger partial charge in [-0.05, 0) is 36.1 Å². The molecule has 1 unspecified atom stereocenters. The van der Waals surface area contributed by atoms with Crippen LogP contribution >= 0.6 is 0 Å². The lowest BCUT2D eigenvalue weighted by Crippen LogP contribution is -2.49. The van der Waals surface area contributed by atoms with Gasteiger partial charge in [-0.15, -0.1) is 0 Å². The maximum atomic E-state index is 12.6. The number of benzene rings is 2. The van der Waals surface area contributed by atoms with E-state index < -0.39 is 0 Å². The standard InChI is InChI=1S/C27H33N5O/c33-26(29-18-22-11-13-32(19-22)25-9-2-1-3-10-25)21-31-16-14-30(15-17-31)20-24-7-4-6-23-8-5-12-28-27(23)24/h1-10,12,22H,11,13-21H2,(H,29,33). The van der Waals surface area contributed by atoms with Gasteiger partial charge in [0.15, 0.2) is 0 Å². The summed E-state index contributed by atoms with van der Waals surface area (Å²) < 4.78 is 0. The van der Waals surface area contributed by atoms with E-state index >= 15 is 0 Å². The molecule has 172 valence electrons. The first-order valence-corrected chi connectivity index (χ1v) is 12.1. The van der Waals surface area contributed by atoms with Crippen LogP contribution in [0.25, 0.3) is 10.9 Å². The minimum Gasteiger partial charge on any atom is -0.371 e. The van der Waals surface area contributed by atoms with E-state index in [9.17, 15) is 4.79 Å². The second kappa shape index (κ2) is 10.3. The average molecular weight is 444 g/mol. The second-order valence-electron chi connectivity index (χ2n) is 9.28. The molecule has 2 aliphatic heterocycles. The minimum absolute atomic E-state index is 0.153. The first-order chi connectivity index (χ1) is 16.2. The van der Waals surface area contributed by atoms with Crippen LogP contribution in [0.2, 0.25) is 0 Å². The molecule has 0 aliphatic carbocycles. The van der Waals surface area contributed by atoms with Gasteiger partial charge >= 0.3 is 0 Å². The normalized spacial score (nSPS) is 19.8. The molecule has 0 spiro atoms. The monoisotopic (exact) mass is 443 g/mol. The number of hydrogen-bond acceptors (Lipinski definition) is 5. The zero-order valence-corrected chi connectivity index (χ0v) is 19.2. The minimum atomic E-state index is 0.153. The lowest BCUT2D eigenvalue weighted by Gasteiger charge is -2.34. The number of nitrogens with zero attached hydrogens (tertiary/aromatic N) is 4. The van der Waals surface area contributed by atoms with Crippen LogP contribution in [-0.2, 0) is 11.3 Å². The van der Waals surface area contributed by atoms with E-state index in [2.05, 4.69) is 79.6 Å². The third kappa shape index (κ3) is 5.52. The number of piperazine rings is 1. The predicted molar refractivity (Wildman–Crippen MR) is 133 cm³/mol. The highest BCUT2D eigenvalue weighted by Crippen LogP contribution is 2.23. The molecule has 2 aromatic carbocycles. The Hall–Kier alpha value is -2.96. The van der Waals surface area contributed by atoms with Crippen molar-refractivity contribution in [2.75, 3.05) is 57.3 Å². The molecule has 1 N–H and O–H groups in total. The molecule has 3 heterocycles. The van der Waals surface area contributed by atoms with Crippen molar-refractivity contribution in [1.29, 1.82) is 0 Å². The number of carbonyl (C=O) groups is 1. The number of pyridine rings is 1. The number of amides is 1. The number of anilines is 1. The molecule has 1 amide bonds. The molecular formula is C27H33N5O. The maximum Gasteiger partial charge on any atom is 0.234 e. The van der Waals surface area contributed by atoms with Crippen LogP contribution in [0.15, 0.2) is 66.9 Å². The third-order valence-electron chi connectivity index (χ3n) is 6.94. The quantitative estimate of drug-likeness (QED) is 0.609. The molecule has 2 aliphatic rings. The Labute approximate surface area is 196 Å². The van der Waals surface area contributed by atoms with Crippen molar-refractivity contribution in [2.45, 2.75) is 13.0 Å². The number of aromatic nitrogens is 1. The first-order valence-electron chi connectivity index (χ1n) is 12.1. The van der Waals surface area contributed by atoms with Crippen LogP contribution in [0, 0.1) is 5.92 Å². The van der Waals surface area contributed by atoms with Crippen LogP contribution in [0.5, 0.6) is 0 Å². The molecular weight excluding hydrogens is 410 g/mol. The maximum absolute atomic E-state index is 12.6. The molecule has 3 aromatic rings. The molecule has 0 radical (unpaired) electrons. The van der Waals surface area contributed by atoms with Gasteiger partial charge in [-0.3, -0.25) is 19.6 Å². The van der Waals surface area contributed by atoms with E-state index in [1.807, 2.05) is 12.3 Å². The van der Waals surface area contributed by atoms with Crippen LogP contribution in [0.1, 0.15) is 12.0 Å². The van der Waals surface area contributed by atoms with E-state index in [4.69, 9.17) is 0 Å². The molecule has 6 nitrogen and oxygen atoms in total. The Morgan fingerprint density at radius 2 is 1.70 bits per heavy atom. The number of hydrogen-bond donors (Lipinski definition) is 1. The van der Waals surface area contributed by atoms with Crippen molar-refractivity contribution in [3.63, 3.8) is 0 Å². The zero-order chi connectivity index (χ0) is 22.5. The summed E-state index contributed by atoms with van der Waals surface area (Å²) in [6.07, 6.45) is 3.00. The highest BCUT2D eigenvalue weighted by Gasteiger charge is 2.24. The highest BCUT2D eigenvalue weighted by atomic mass is 16.2. The molecule has 0 saturated carbocycles. The van der Waals surface area contributed by atoms with Crippen molar-refractivity contribution in [2.24, 2.45) is 5.92 Å². The van der Waals surface area contributed by atoms with E-state index in [-0.39, 0.29) is 5.91 Å². The Balaban J connectivity index is 1.03. The molecule has 1 atom stereocenters. The fourth-order valence-electron chi connectivity index (χ4n) is 5.03. The van der Waals surface area contributed by atoms with E-state index in [1.165, 1.54) is 16.6 Å². The smallest absolute Gasteiger partial charge is 0.234 e. The Morgan fingerprint density at radius 3 is 2.55 bits per heavy atom. The van der Waals surface area contributed by atoms with Gasteiger partial charge in [-0.2, -0.15) is 0 Å². The molecule has 33 heavy (non-hydrogen) atoms. The fourth-order valence-corrected chi connectivity index (χ4v) is 5.03. The van der Waals surface area contributed by atoms with Gasteiger partial charge in [0.2, 0.25) is 5.91 Å². The van der Waals surface area contributed by atoms with Crippen molar-refractivity contribution in [1.82, 2.24) is 20.1 Å². The van der Waals surface area contributed by atoms with Crippen molar-refractivity contribution < 1.29 is 4.79 Å². The third-order valence-corrected chi connectivity index (χ3v) is 6.94. The fraction of sp³-hybridized carbons (Fsp3) is 0.407. The van der Waals surface area contributed by atoms with Gasteiger partial charge in [0, 0.05) is 69.6 Å². The first kappa shape index (κ1) is 21.9. The number of rotatable bonds is 7.